The Balaban J connectivity index is 3.42. The van der Waals surface area contributed by atoms with Crippen LogP contribution in [0.4, 0.5) is 0 Å². The molecule has 5 nitrogen and oxygen atoms in total. The molecule has 68 heavy (non-hydrogen) atoms. The molecule has 396 valence electrons. The number of carbonyl (C=O) groups excluding carboxylic acids is 2. The van der Waals surface area contributed by atoms with Crippen molar-refractivity contribution in [2.45, 2.75) is 315 Å². The maximum absolute atomic E-state index is 12.3. The first-order valence-corrected chi connectivity index (χ1v) is 29.8. The fourth-order valence-electron chi connectivity index (χ4n) is 8.77. The lowest BCUT2D eigenvalue weighted by atomic mass is 10.0. The van der Waals surface area contributed by atoms with Gasteiger partial charge in [0.05, 0.1) is 6.61 Å². The van der Waals surface area contributed by atoms with Crippen molar-refractivity contribution in [1.82, 2.24) is 0 Å². The predicted molar refractivity (Wildman–Crippen MR) is 297 cm³/mol. The minimum absolute atomic E-state index is 0.0679. The van der Waals surface area contributed by atoms with Crippen molar-refractivity contribution < 1.29 is 24.2 Å². The van der Waals surface area contributed by atoms with Gasteiger partial charge < -0.3 is 14.6 Å². The number of aliphatic hydroxyl groups excluding tert-OH is 1. The number of rotatable bonds is 55. The van der Waals surface area contributed by atoms with Gasteiger partial charge in [-0.05, 0) is 83.5 Å². The molecule has 0 aliphatic rings. The minimum atomic E-state index is -0.775. The summed E-state index contributed by atoms with van der Waals surface area (Å²) < 4.78 is 10.7. The molecule has 0 fully saturated rings. The Morgan fingerprint density at radius 2 is 0.588 bits per heavy atom. The maximum atomic E-state index is 12.3. The number of hydrogen-bond acceptors (Lipinski definition) is 5. The number of aliphatic hydroxyl groups is 1. The van der Waals surface area contributed by atoms with E-state index >= 15 is 0 Å². The summed E-state index contributed by atoms with van der Waals surface area (Å²) in [5.74, 6) is -0.588. The predicted octanol–water partition coefficient (Wildman–Crippen LogP) is 20.2. The van der Waals surface area contributed by atoms with Gasteiger partial charge in [-0.15, -0.1) is 0 Å². The molecule has 0 rings (SSSR count). The minimum Gasteiger partial charge on any atom is -0.462 e. The van der Waals surface area contributed by atoms with Crippen molar-refractivity contribution >= 4 is 11.9 Å². The topological polar surface area (TPSA) is 72.8 Å². The summed E-state index contributed by atoms with van der Waals surface area (Å²) in [4.78, 5) is 24.5. The van der Waals surface area contributed by atoms with Crippen LogP contribution in [0, 0.1) is 0 Å². The van der Waals surface area contributed by atoms with E-state index in [9.17, 15) is 14.7 Å². The SMILES string of the molecule is CCCCC/C=C\C/C=C\CCCCCCCCCC(=O)OCC(CO)OC(=O)CCCCCCCCCCCCCCCCCCCCCCCC/C=C\C/C=C\C/C=C\CCCCCCC. The van der Waals surface area contributed by atoms with Gasteiger partial charge in [-0.25, -0.2) is 0 Å². The first kappa shape index (κ1) is 65.6. The van der Waals surface area contributed by atoms with Crippen LogP contribution in [0.25, 0.3) is 0 Å². The molecule has 0 aromatic heterocycles. The van der Waals surface area contributed by atoms with Crippen molar-refractivity contribution in [2.24, 2.45) is 0 Å². The Labute approximate surface area is 423 Å². The molecule has 0 aliphatic heterocycles. The monoisotopic (exact) mass is 951 g/mol. The molecule has 1 unspecified atom stereocenters. The number of esters is 2. The smallest absolute Gasteiger partial charge is 0.306 e. The van der Waals surface area contributed by atoms with Gasteiger partial charge in [-0.2, -0.15) is 0 Å². The Bertz CT molecular complexity index is 1170. The second-order valence-electron chi connectivity index (χ2n) is 20.1. The largest absolute Gasteiger partial charge is 0.462 e. The molecule has 0 amide bonds. The molecule has 5 heteroatoms. The van der Waals surface area contributed by atoms with Gasteiger partial charge in [-0.1, -0.05) is 274 Å². The lowest BCUT2D eigenvalue weighted by molar-refractivity contribution is -0.161. The third kappa shape index (κ3) is 56.2. The van der Waals surface area contributed by atoms with Gasteiger partial charge in [-0.3, -0.25) is 9.59 Å². The van der Waals surface area contributed by atoms with Crippen molar-refractivity contribution in [3.8, 4) is 0 Å². The Morgan fingerprint density at radius 3 is 0.912 bits per heavy atom. The van der Waals surface area contributed by atoms with Gasteiger partial charge in [0.15, 0.2) is 6.10 Å². The fourth-order valence-corrected chi connectivity index (χ4v) is 8.77. The molecular formula is C63H114O5. The Hall–Kier alpha value is -2.40. The summed E-state index contributed by atoms with van der Waals surface area (Å²) in [5.41, 5.74) is 0. The van der Waals surface area contributed by atoms with Gasteiger partial charge in [0.1, 0.15) is 6.61 Å². The molecule has 0 bridgehead atoms. The highest BCUT2D eigenvalue weighted by molar-refractivity contribution is 5.70. The summed E-state index contributed by atoms with van der Waals surface area (Å²) >= 11 is 0. The van der Waals surface area contributed by atoms with Gasteiger partial charge in [0, 0.05) is 12.8 Å². The molecule has 0 heterocycles. The first-order valence-electron chi connectivity index (χ1n) is 29.8. The Morgan fingerprint density at radius 1 is 0.338 bits per heavy atom. The lowest BCUT2D eigenvalue weighted by Gasteiger charge is -2.15. The zero-order valence-corrected chi connectivity index (χ0v) is 45.4. The highest BCUT2D eigenvalue weighted by atomic mass is 16.6. The average Bonchev–Trinajstić information content (AvgIpc) is 3.34. The van der Waals surface area contributed by atoms with Crippen LogP contribution in [0.15, 0.2) is 60.8 Å². The molecule has 0 spiro atoms. The molecule has 0 aromatic carbocycles. The van der Waals surface area contributed by atoms with E-state index in [-0.39, 0.29) is 25.2 Å². The van der Waals surface area contributed by atoms with E-state index in [0.717, 1.165) is 64.2 Å². The van der Waals surface area contributed by atoms with Crippen LogP contribution in [0.2, 0.25) is 0 Å². The highest BCUT2D eigenvalue weighted by Gasteiger charge is 2.16. The first-order chi connectivity index (χ1) is 33.6. The number of allylic oxidation sites excluding steroid dienone is 10. The van der Waals surface area contributed by atoms with Crippen LogP contribution < -0.4 is 0 Å². The Kier molecular flexibility index (Phi) is 56.8. The van der Waals surface area contributed by atoms with Crippen LogP contribution in [0.1, 0.15) is 309 Å². The standard InChI is InChI=1S/C63H114O5/c1-3-5-7-9-11-13-15-17-19-21-22-23-24-25-26-27-28-29-30-31-32-33-34-35-36-37-38-39-40-42-44-46-48-50-52-54-56-58-63(66)68-61(59-64)60-67-62(65)57-55-53-51-49-47-45-43-41-20-18-16-14-12-10-8-6-4-2/h12,14-15,17-18,20-22,24-25,61,64H,3-11,13,16,19,23,26-60H2,1-2H3/b14-12-,17-15-,20-18-,22-21-,25-24-. The summed E-state index contributed by atoms with van der Waals surface area (Å²) in [7, 11) is 0. The normalized spacial score (nSPS) is 12.6. The lowest BCUT2D eigenvalue weighted by Crippen LogP contribution is -2.28. The van der Waals surface area contributed by atoms with E-state index in [1.807, 2.05) is 0 Å². The van der Waals surface area contributed by atoms with Gasteiger partial charge in [0.25, 0.3) is 0 Å². The summed E-state index contributed by atoms with van der Waals surface area (Å²) in [5, 5.41) is 9.65. The van der Waals surface area contributed by atoms with E-state index < -0.39 is 6.10 Å². The maximum Gasteiger partial charge on any atom is 0.306 e. The van der Waals surface area contributed by atoms with Crippen LogP contribution >= 0.6 is 0 Å². The molecule has 0 aromatic rings. The van der Waals surface area contributed by atoms with Crippen LogP contribution in [-0.4, -0.2) is 36.4 Å². The molecular weight excluding hydrogens is 837 g/mol. The van der Waals surface area contributed by atoms with Crippen molar-refractivity contribution in [1.29, 1.82) is 0 Å². The summed E-state index contributed by atoms with van der Waals surface area (Å²) in [6, 6.07) is 0. The average molecular weight is 952 g/mol. The van der Waals surface area contributed by atoms with E-state index in [1.165, 1.54) is 218 Å². The van der Waals surface area contributed by atoms with Crippen molar-refractivity contribution in [2.75, 3.05) is 13.2 Å². The van der Waals surface area contributed by atoms with E-state index in [2.05, 4.69) is 74.6 Å². The summed E-state index contributed by atoms with van der Waals surface area (Å²) in [6.07, 6.45) is 79.3. The number of unbranched alkanes of at least 4 members (excludes halogenated alkanes) is 37. The van der Waals surface area contributed by atoms with Crippen molar-refractivity contribution in [3.63, 3.8) is 0 Å². The molecule has 1 N–H and O–H groups in total. The molecule has 1 atom stereocenters. The summed E-state index contributed by atoms with van der Waals surface area (Å²) in [6.45, 7) is 4.12. The second kappa shape index (κ2) is 58.9. The fraction of sp³-hybridized carbons (Fsp3) is 0.810. The highest BCUT2D eigenvalue weighted by Crippen LogP contribution is 2.17. The van der Waals surface area contributed by atoms with E-state index in [0.29, 0.717) is 12.8 Å². The molecule has 0 saturated heterocycles. The number of ether oxygens (including phenoxy) is 2. The molecule has 0 saturated carbocycles. The number of hydrogen-bond donors (Lipinski definition) is 1. The molecule has 0 radical (unpaired) electrons. The molecule has 0 aliphatic carbocycles. The third-order valence-corrected chi connectivity index (χ3v) is 13.3. The third-order valence-electron chi connectivity index (χ3n) is 13.3. The van der Waals surface area contributed by atoms with Crippen LogP contribution in [0.5, 0.6) is 0 Å². The van der Waals surface area contributed by atoms with Crippen LogP contribution in [-0.2, 0) is 19.1 Å². The van der Waals surface area contributed by atoms with E-state index in [4.69, 9.17) is 9.47 Å². The van der Waals surface area contributed by atoms with Gasteiger partial charge in [0.2, 0.25) is 0 Å². The zero-order valence-electron chi connectivity index (χ0n) is 45.4. The van der Waals surface area contributed by atoms with Crippen LogP contribution in [0.3, 0.4) is 0 Å². The second-order valence-corrected chi connectivity index (χ2v) is 20.1. The van der Waals surface area contributed by atoms with E-state index in [1.54, 1.807) is 0 Å². The van der Waals surface area contributed by atoms with Crippen molar-refractivity contribution in [3.05, 3.63) is 60.8 Å². The number of carbonyl (C=O) groups is 2. The zero-order chi connectivity index (χ0) is 49.2. The quantitative estimate of drug-likeness (QED) is 0.0374. The van der Waals surface area contributed by atoms with Gasteiger partial charge >= 0.3 is 11.9 Å².